The van der Waals surface area contributed by atoms with Crippen molar-refractivity contribution in [3.63, 3.8) is 0 Å². The van der Waals surface area contributed by atoms with Crippen molar-refractivity contribution in [1.82, 2.24) is 5.32 Å². The van der Waals surface area contributed by atoms with Crippen LogP contribution in [0.4, 0.5) is 0 Å². The molecule has 5 heteroatoms. The van der Waals surface area contributed by atoms with Gasteiger partial charge < -0.3 is 11.1 Å². The normalized spacial score (nSPS) is 30.1. The van der Waals surface area contributed by atoms with Gasteiger partial charge in [-0.2, -0.15) is 0 Å². The number of rotatable bonds is 2. The van der Waals surface area contributed by atoms with Gasteiger partial charge in [0.2, 0.25) is 0 Å². The Hall–Kier alpha value is -0.130. The Bertz CT molecular complexity index is 211. The molecule has 0 amide bonds. The first-order valence-corrected chi connectivity index (χ1v) is 5.60. The predicted molar refractivity (Wildman–Crippen MR) is 44.1 cm³/mol. The molecule has 1 fully saturated rings. The van der Waals surface area contributed by atoms with Crippen LogP contribution in [0.3, 0.4) is 0 Å². The number of hydrogen-bond acceptors (Lipinski definition) is 4. The zero-order chi connectivity index (χ0) is 8.32. The van der Waals surface area contributed by atoms with Gasteiger partial charge in [0, 0.05) is 12.6 Å². The number of hydrogen-bond donors (Lipinski definition) is 2. The van der Waals surface area contributed by atoms with E-state index in [1.54, 1.807) is 0 Å². The van der Waals surface area contributed by atoms with Crippen LogP contribution in [0.2, 0.25) is 0 Å². The summed E-state index contributed by atoms with van der Waals surface area (Å²) in [7, 11) is -2.77. The first kappa shape index (κ1) is 8.96. The predicted octanol–water partition coefficient (Wildman–Crippen LogP) is -1.28. The lowest BCUT2D eigenvalue weighted by molar-refractivity contribution is 0.499. The average molecular weight is 178 g/mol. The lowest BCUT2D eigenvalue weighted by Gasteiger charge is -2.22. The summed E-state index contributed by atoms with van der Waals surface area (Å²) in [6.45, 7) is 1.13. The van der Waals surface area contributed by atoms with E-state index >= 15 is 0 Å². The van der Waals surface area contributed by atoms with Crippen LogP contribution in [0, 0.1) is 0 Å². The molecule has 3 N–H and O–H groups in total. The fourth-order valence-corrected chi connectivity index (χ4v) is 2.75. The summed E-state index contributed by atoms with van der Waals surface area (Å²) in [6, 6.07) is 0.0822. The van der Waals surface area contributed by atoms with Crippen molar-refractivity contribution >= 4 is 9.84 Å². The van der Waals surface area contributed by atoms with Crippen molar-refractivity contribution in [2.75, 3.05) is 24.6 Å². The van der Waals surface area contributed by atoms with Gasteiger partial charge in [-0.15, -0.1) is 0 Å². The van der Waals surface area contributed by atoms with E-state index in [0.29, 0.717) is 13.1 Å². The third-order valence-corrected chi connectivity index (χ3v) is 3.55. The topological polar surface area (TPSA) is 72.2 Å². The molecule has 1 atom stereocenters. The third kappa shape index (κ3) is 2.76. The van der Waals surface area contributed by atoms with Crippen LogP contribution in [0.25, 0.3) is 0 Å². The van der Waals surface area contributed by atoms with E-state index in [9.17, 15) is 8.42 Å². The smallest absolute Gasteiger partial charge is 0.153 e. The highest BCUT2D eigenvalue weighted by molar-refractivity contribution is 7.91. The quantitative estimate of drug-likeness (QED) is 0.552. The molecular formula is C6H14N2O2S. The summed E-state index contributed by atoms with van der Waals surface area (Å²) >= 11 is 0. The maximum Gasteiger partial charge on any atom is 0.153 e. The first-order valence-electron chi connectivity index (χ1n) is 3.78. The molecule has 0 spiro atoms. The van der Waals surface area contributed by atoms with E-state index in [1.165, 1.54) is 0 Å². The monoisotopic (exact) mass is 178 g/mol. The maximum absolute atomic E-state index is 11.1. The summed E-state index contributed by atoms with van der Waals surface area (Å²) in [4.78, 5) is 0. The van der Waals surface area contributed by atoms with Crippen LogP contribution >= 0.6 is 0 Å². The van der Waals surface area contributed by atoms with Gasteiger partial charge in [-0.1, -0.05) is 0 Å². The van der Waals surface area contributed by atoms with Crippen molar-refractivity contribution in [3.05, 3.63) is 0 Å². The molecule has 1 rings (SSSR count). The second-order valence-corrected chi connectivity index (χ2v) is 5.07. The Morgan fingerprint density at radius 2 is 2.27 bits per heavy atom. The molecule has 1 aliphatic rings. The highest BCUT2D eigenvalue weighted by Gasteiger charge is 2.22. The van der Waals surface area contributed by atoms with E-state index < -0.39 is 9.84 Å². The van der Waals surface area contributed by atoms with Crippen LogP contribution in [-0.4, -0.2) is 39.1 Å². The Labute approximate surface area is 67.1 Å². The Morgan fingerprint density at radius 1 is 1.55 bits per heavy atom. The van der Waals surface area contributed by atoms with E-state index in [0.717, 1.165) is 6.42 Å². The second kappa shape index (κ2) is 3.51. The van der Waals surface area contributed by atoms with Crippen LogP contribution in [0.5, 0.6) is 0 Å². The highest BCUT2D eigenvalue weighted by atomic mass is 32.2. The van der Waals surface area contributed by atoms with Crippen molar-refractivity contribution < 1.29 is 8.42 Å². The van der Waals surface area contributed by atoms with Crippen molar-refractivity contribution in [2.24, 2.45) is 5.73 Å². The SMILES string of the molecule is NCCC1CS(=O)(=O)CCN1. The lowest BCUT2D eigenvalue weighted by Crippen LogP contribution is -2.45. The molecule has 0 aromatic carbocycles. The molecule has 0 saturated carbocycles. The Kier molecular flexibility index (Phi) is 2.86. The molecule has 4 nitrogen and oxygen atoms in total. The van der Waals surface area contributed by atoms with Gasteiger partial charge in [0.05, 0.1) is 11.5 Å². The Balaban J connectivity index is 2.47. The van der Waals surface area contributed by atoms with Crippen LogP contribution in [0.1, 0.15) is 6.42 Å². The van der Waals surface area contributed by atoms with Crippen molar-refractivity contribution in [3.8, 4) is 0 Å². The van der Waals surface area contributed by atoms with Crippen LogP contribution in [0.15, 0.2) is 0 Å². The van der Waals surface area contributed by atoms with Gasteiger partial charge in [-0.3, -0.25) is 0 Å². The van der Waals surface area contributed by atoms with Gasteiger partial charge in [0.1, 0.15) is 0 Å². The minimum absolute atomic E-state index is 0.0822. The Morgan fingerprint density at radius 3 is 2.82 bits per heavy atom. The second-order valence-electron chi connectivity index (χ2n) is 2.84. The van der Waals surface area contributed by atoms with Crippen molar-refractivity contribution in [1.29, 1.82) is 0 Å². The summed E-state index contributed by atoms with van der Waals surface area (Å²) < 4.78 is 22.1. The van der Waals surface area contributed by atoms with Gasteiger partial charge >= 0.3 is 0 Å². The average Bonchev–Trinajstić information content (AvgIpc) is 1.85. The zero-order valence-corrected chi connectivity index (χ0v) is 7.23. The van der Waals surface area contributed by atoms with E-state index in [2.05, 4.69) is 5.32 Å². The van der Waals surface area contributed by atoms with Gasteiger partial charge in [0.25, 0.3) is 0 Å². The lowest BCUT2D eigenvalue weighted by atomic mass is 10.2. The fraction of sp³-hybridized carbons (Fsp3) is 1.00. The summed E-state index contributed by atoms with van der Waals surface area (Å²) in [6.07, 6.45) is 0.749. The number of sulfone groups is 1. The molecule has 0 bridgehead atoms. The van der Waals surface area contributed by atoms with E-state index in [-0.39, 0.29) is 17.5 Å². The molecule has 0 aromatic heterocycles. The molecule has 0 radical (unpaired) electrons. The molecule has 0 aliphatic carbocycles. The largest absolute Gasteiger partial charge is 0.330 e. The molecular weight excluding hydrogens is 164 g/mol. The molecule has 1 saturated heterocycles. The molecule has 1 heterocycles. The maximum atomic E-state index is 11.1. The minimum Gasteiger partial charge on any atom is -0.330 e. The number of nitrogens with two attached hydrogens (primary N) is 1. The van der Waals surface area contributed by atoms with E-state index in [1.807, 2.05) is 0 Å². The standard InChI is InChI=1S/C6H14N2O2S/c7-2-1-6-5-11(9,10)4-3-8-6/h6,8H,1-5,7H2. The van der Waals surface area contributed by atoms with Gasteiger partial charge in [0.15, 0.2) is 9.84 Å². The summed E-state index contributed by atoms with van der Waals surface area (Å²) in [5, 5.41) is 3.12. The van der Waals surface area contributed by atoms with Crippen LogP contribution < -0.4 is 11.1 Å². The van der Waals surface area contributed by atoms with E-state index in [4.69, 9.17) is 5.73 Å². The summed E-state index contributed by atoms with van der Waals surface area (Å²) in [5.74, 6) is 0.526. The molecule has 0 aromatic rings. The number of nitrogens with one attached hydrogen (secondary N) is 1. The molecule has 1 aliphatic heterocycles. The van der Waals surface area contributed by atoms with Crippen molar-refractivity contribution in [2.45, 2.75) is 12.5 Å². The minimum atomic E-state index is -2.77. The van der Waals surface area contributed by atoms with Crippen LogP contribution in [-0.2, 0) is 9.84 Å². The van der Waals surface area contributed by atoms with Gasteiger partial charge in [-0.25, -0.2) is 8.42 Å². The molecule has 1 unspecified atom stereocenters. The summed E-state index contributed by atoms with van der Waals surface area (Å²) in [5.41, 5.74) is 5.31. The highest BCUT2D eigenvalue weighted by Crippen LogP contribution is 2.03. The molecule has 66 valence electrons. The third-order valence-electron chi connectivity index (χ3n) is 1.82. The fourth-order valence-electron chi connectivity index (χ4n) is 1.25. The zero-order valence-electron chi connectivity index (χ0n) is 6.41. The first-order chi connectivity index (χ1) is 5.14. The molecule has 11 heavy (non-hydrogen) atoms. The van der Waals surface area contributed by atoms with Gasteiger partial charge in [-0.05, 0) is 13.0 Å².